The Morgan fingerprint density at radius 1 is 1.11 bits per heavy atom. The van der Waals surface area contributed by atoms with Crippen molar-refractivity contribution in [3.05, 3.63) is 54.1 Å². The third-order valence-corrected chi connectivity index (χ3v) is 2.54. The first-order valence-corrected chi connectivity index (χ1v) is 5.53. The minimum absolute atomic E-state index is 0. The summed E-state index contributed by atoms with van der Waals surface area (Å²) in [6.45, 7) is 0.563. The molecule has 3 nitrogen and oxygen atoms in total. The summed E-state index contributed by atoms with van der Waals surface area (Å²) in [6, 6.07) is 15.7. The third kappa shape index (κ3) is 3.57. The summed E-state index contributed by atoms with van der Waals surface area (Å²) in [7, 11) is 1.84. The van der Waals surface area contributed by atoms with Crippen LogP contribution in [0, 0.1) is 0 Å². The van der Waals surface area contributed by atoms with Gasteiger partial charge in [-0.3, -0.25) is 0 Å². The second kappa shape index (κ2) is 6.77. The largest absolute Gasteiger partial charge is 0.489 e. The Morgan fingerprint density at radius 3 is 2.50 bits per heavy atom. The lowest BCUT2D eigenvalue weighted by molar-refractivity contribution is 0.306. The Kier molecular flexibility index (Phi) is 5.33. The van der Waals surface area contributed by atoms with Gasteiger partial charge >= 0.3 is 0 Å². The maximum atomic E-state index is 5.79. The summed E-state index contributed by atoms with van der Waals surface area (Å²) >= 11 is 0. The Hall–Kier alpha value is -1.87. The normalized spacial score (nSPS) is 9.39. The van der Waals surface area contributed by atoms with Crippen molar-refractivity contribution < 1.29 is 4.74 Å². The zero-order chi connectivity index (χ0) is 12.1. The number of hydrogen-bond donors (Lipinski definition) is 2. The topological polar surface area (TPSA) is 47.3 Å². The number of nitrogen functional groups attached to an aromatic ring is 1. The van der Waals surface area contributed by atoms with E-state index in [-0.39, 0.29) is 12.4 Å². The van der Waals surface area contributed by atoms with Crippen LogP contribution in [0.5, 0.6) is 5.75 Å². The van der Waals surface area contributed by atoms with E-state index in [1.165, 1.54) is 0 Å². The van der Waals surface area contributed by atoms with Crippen molar-refractivity contribution in [3.63, 3.8) is 0 Å². The molecule has 0 heterocycles. The van der Waals surface area contributed by atoms with Gasteiger partial charge in [-0.25, -0.2) is 0 Å². The Balaban J connectivity index is 0.00000162. The number of rotatable bonds is 4. The molecule has 0 spiro atoms. The summed E-state index contributed by atoms with van der Waals surface area (Å²) < 4.78 is 5.69. The van der Waals surface area contributed by atoms with Crippen molar-refractivity contribution in [1.29, 1.82) is 0 Å². The molecule has 0 atom stereocenters. The third-order valence-electron chi connectivity index (χ3n) is 2.54. The van der Waals surface area contributed by atoms with E-state index in [1.807, 2.05) is 55.6 Å². The second-order valence-corrected chi connectivity index (χ2v) is 3.77. The van der Waals surface area contributed by atoms with Gasteiger partial charge in [0.2, 0.25) is 0 Å². The fourth-order valence-electron chi connectivity index (χ4n) is 1.58. The quantitative estimate of drug-likeness (QED) is 0.833. The van der Waals surface area contributed by atoms with Crippen LogP contribution in [0.4, 0.5) is 11.4 Å². The molecule has 0 fully saturated rings. The van der Waals surface area contributed by atoms with Crippen molar-refractivity contribution in [1.82, 2.24) is 0 Å². The maximum absolute atomic E-state index is 5.79. The van der Waals surface area contributed by atoms with Crippen molar-refractivity contribution in [2.24, 2.45) is 0 Å². The molecule has 18 heavy (non-hydrogen) atoms. The molecule has 2 rings (SSSR count). The van der Waals surface area contributed by atoms with Crippen LogP contribution in [0.25, 0.3) is 0 Å². The minimum atomic E-state index is 0. The summed E-state index contributed by atoms with van der Waals surface area (Å²) in [5, 5.41) is 3.03. The number of anilines is 2. The van der Waals surface area contributed by atoms with Gasteiger partial charge in [-0.05, 0) is 17.7 Å². The maximum Gasteiger partial charge on any atom is 0.122 e. The van der Waals surface area contributed by atoms with Crippen molar-refractivity contribution in [2.75, 3.05) is 18.1 Å². The van der Waals surface area contributed by atoms with Gasteiger partial charge in [-0.15, -0.1) is 12.4 Å². The monoisotopic (exact) mass is 264 g/mol. The van der Waals surface area contributed by atoms with Crippen LogP contribution >= 0.6 is 12.4 Å². The first kappa shape index (κ1) is 14.2. The molecule has 2 aromatic rings. The van der Waals surface area contributed by atoms with Gasteiger partial charge in [-0.1, -0.05) is 30.3 Å². The van der Waals surface area contributed by atoms with Crippen LogP contribution in [-0.2, 0) is 6.61 Å². The Labute approximate surface area is 113 Å². The summed E-state index contributed by atoms with van der Waals surface area (Å²) in [5.41, 5.74) is 8.54. The molecular weight excluding hydrogens is 248 g/mol. The highest BCUT2D eigenvalue weighted by atomic mass is 35.5. The van der Waals surface area contributed by atoms with Crippen LogP contribution in [0.3, 0.4) is 0 Å². The van der Waals surface area contributed by atoms with Crippen LogP contribution in [-0.4, -0.2) is 7.05 Å². The van der Waals surface area contributed by atoms with Crippen LogP contribution in [0.15, 0.2) is 48.5 Å². The van der Waals surface area contributed by atoms with Gasteiger partial charge in [0, 0.05) is 13.1 Å². The predicted octanol–water partition coefficient (Wildman–Crippen LogP) is 3.31. The number of benzene rings is 2. The highest BCUT2D eigenvalue weighted by molar-refractivity contribution is 5.85. The van der Waals surface area contributed by atoms with Crippen molar-refractivity contribution >= 4 is 23.8 Å². The highest BCUT2D eigenvalue weighted by Gasteiger charge is 2.00. The molecular formula is C14H17ClN2O. The van der Waals surface area contributed by atoms with E-state index in [0.29, 0.717) is 6.61 Å². The lowest BCUT2D eigenvalue weighted by Gasteiger charge is -2.10. The van der Waals surface area contributed by atoms with Crippen LogP contribution < -0.4 is 15.8 Å². The molecule has 0 bridgehead atoms. The molecule has 4 heteroatoms. The molecule has 0 saturated carbocycles. The van der Waals surface area contributed by atoms with Crippen LogP contribution in [0.1, 0.15) is 5.56 Å². The van der Waals surface area contributed by atoms with E-state index in [0.717, 1.165) is 22.7 Å². The van der Waals surface area contributed by atoms with E-state index in [4.69, 9.17) is 10.5 Å². The zero-order valence-corrected chi connectivity index (χ0v) is 11.0. The van der Waals surface area contributed by atoms with Gasteiger partial charge in [-0.2, -0.15) is 0 Å². The van der Waals surface area contributed by atoms with Crippen molar-refractivity contribution in [3.8, 4) is 5.75 Å². The molecule has 0 aliphatic rings. The average Bonchev–Trinajstić information content (AvgIpc) is 2.39. The molecule has 0 saturated heterocycles. The lowest BCUT2D eigenvalue weighted by atomic mass is 10.2. The molecule has 0 aromatic heterocycles. The second-order valence-electron chi connectivity index (χ2n) is 3.77. The van der Waals surface area contributed by atoms with E-state index in [1.54, 1.807) is 0 Å². The summed E-state index contributed by atoms with van der Waals surface area (Å²) in [4.78, 5) is 0. The first-order valence-electron chi connectivity index (χ1n) is 5.53. The number of nitrogens with one attached hydrogen (secondary N) is 1. The Bertz CT molecular complexity index is 488. The Morgan fingerprint density at radius 2 is 1.83 bits per heavy atom. The van der Waals surface area contributed by atoms with E-state index < -0.39 is 0 Å². The number of nitrogens with two attached hydrogens (primary N) is 1. The lowest BCUT2D eigenvalue weighted by Crippen LogP contribution is -1.98. The van der Waals surface area contributed by atoms with E-state index in [2.05, 4.69) is 5.32 Å². The first-order chi connectivity index (χ1) is 8.29. The highest BCUT2D eigenvalue weighted by Crippen LogP contribution is 2.24. The van der Waals surface area contributed by atoms with Gasteiger partial charge < -0.3 is 15.8 Å². The molecule has 2 aromatic carbocycles. The van der Waals surface area contributed by atoms with Crippen molar-refractivity contribution in [2.45, 2.75) is 6.61 Å². The van der Waals surface area contributed by atoms with Gasteiger partial charge in [0.15, 0.2) is 0 Å². The molecule has 3 N–H and O–H groups in total. The number of halogens is 1. The molecule has 0 aliphatic carbocycles. The molecule has 0 amide bonds. The van der Waals surface area contributed by atoms with E-state index in [9.17, 15) is 0 Å². The average molecular weight is 265 g/mol. The summed E-state index contributed by atoms with van der Waals surface area (Å²) in [6.07, 6.45) is 0. The fraction of sp³-hybridized carbons (Fsp3) is 0.143. The molecule has 0 aliphatic heterocycles. The minimum Gasteiger partial charge on any atom is -0.489 e. The standard InChI is InChI=1S/C14H16N2O.ClH/c1-16-14-9-12(7-8-13(14)15)17-10-11-5-3-2-4-6-11;/h2-9,16H,10,15H2,1H3;1H. The zero-order valence-electron chi connectivity index (χ0n) is 10.2. The fourth-order valence-corrected chi connectivity index (χ4v) is 1.58. The molecule has 0 unspecified atom stereocenters. The summed E-state index contributed by atoms with van der Waals surface area (Å²) in [5.74, 6) is 0.812. The predicted molar refractivity (Wildman–Crippen MR) is 78.4 cm³/mol. The smallest absolute Gasteiger partial charge is 0.122 e. The van der Waals surface area contributed by atoms with Gasteiger partial charge in [0.1, 0.15) is 12.4 Å². The van der Waals surface area contributed by atoms with Gasteiger partial charge in [0.05, 0.1) is 11.4 Å². The molecule has 96 valence electrons. The SMILES string of the molecule is CNc1cc(OCc2ccccc2)ccc1N.Cl. The number of ether oxygens (including phenoxy) is 1. The van der Waals surface area contributed by atoms with Crippen LogP contribution in [0.2, 0.25) is 0 Å². The number of hydrogen-bond acceptors (Lipinski definition) is 3. The van der Waals surface area contributed by atoms with E-state index >= 15 is 0 Å². The van der Waals surface area contributed by atoms with Gasteiger partial charge in [0.25, 0.3) is 0 Å². The molecule has 0 radical (unpaired) electrons.